The Labute approximate surface area is 158 Å². The van der Waals surface area contributed by atoms with Gasteiger partial charge in [0, 0.05) is 30.9 Å². The van der Waals surface area contributed by atoms with Crippen LogP contribution in [0.5, 0.6) is 0 Å². The third kappa shape index (κ3) is 3.31. The van der Waals surface area contributed by atoms with Gasteiger partial charge in [0.05, 0.1) is 17.6 Å². The number of benzene rings is 1. The van der Waals surface area contributed by atoms with Gasteiger partial charge in [-0.25, -0.2) is 0 Å². The molecule has 1 aromatic carbocycles. The van der Waals surface area contributed by atoms with Crippen molar-refractivity contribution in [2.45, 2.75) is 44.4 Å². The number of carbonyl (C=O) groups is 1. The molecule has 2 aliphatic rings. The first kappa shape index (κ1) is 17.7. The minimum absolute atomic E-state index is 0.237. The van der Waals surface area contributed by atoms with Crippen LogP contribution in [0.15, 0.2) is 41.8 Å². The van der Waals surface area contributed by atoms with Crippen LogP contribution in [0, 0.1) is 5.92 Å². The van der Waals surface area contributed by atoms with Crippen LogP contribution in [0.2, 0.25) is 0 Å². The molecule has 0 saturated carbocycles. The summed E-state index contributed by atoms with van der Waals surface area (Å²) in [5, 5.41) is 11.6. The van der Waals surface area contributed by atoms with Crippen molar-refractivity contribution in [3.05, 3.63) is 57.8 Å². The number of carboxylic acids is 1. The molecular formula is C21H25NO3S. The Morgan fingerprint density at radius 2 is 2.04 bits per heavy atom. The predicted molar refractivity (Wildman–Crippen MR) is 102 cm³/mol. The summed E-state index contributed by atoms with van der Waals surface area (Å²) >= 11 is 1.74. The average molecular weight is 372 g/mol. The van der Waals surface area contributed by atoms with Crippen molar-refractivity contribution in [3.63, 3.8) is 0 Å². The van der Waals surface area contributed by atoms with Crippen LogP contribution in [0.3, 0.4) is 0 Å². The number of piperidine rings is 1. The first-order chi connectivity index (χ1) is 12.6. The molecule has 2 aromatic rings. The first-order valence-corrected chi connectivity index (χ1v) is 10.2. The summed E-state index contributed by atoms with van der Waals surface area (Å²) in [5.74, 6) is -1.25. The second-order valence-corrected chi connectivity index (χ2v) is 8.50. The lowest BCUT2D eigenvalue weighted by Gasteiger charge is -2.47. The molecule has 5 heteroatoms. The molecule has 1 aromatic heterocycles. The molecule has 2 atom stereocenters. The van der Waals surface area contributed by atoms with Crippen molar-refractivity contribution < 1.29 is 14.6 Å². The number of likely N-dealkylation sites (tertiary alicyclic amines) is 1. The maximum atomic E-state index is 11.5. The SMILES string of the molecule is CC(C(=O)O)C1Cc2sccc2C2(CCN(Cc3ccccc3)CC2)O1. The van der Waals surface area contributed by atoms with Gasteiger partial charge in [-0.05, 0) is 42.3 Å². The van der Waals surface area contributed by atoms with E-state index in [9.17, 15) is 9.90 Å². The zero-order chi connectivity index (χ0) is 18.1. The zero-order valence-electron chi connectivity index (χ0n) is 15.1. The van der Waals surface area contributed by atoms with E-state index in [1.54, 1.807) is 18.3 Å². The van der Waals surface area contributed by atoms with Gasteiger partial charge in [-0.2, -0.15) is 0 Å². The van der Waals surface area contributed by atoms with Gasteiger partial charge in [-0.15, -0.1) is 11.3 Å². The highest BCUT2D eigenvalue weighted by Gasteiger charge is 2.46. The number of carboxylic acid groups (broad SMARTS) is 1. The molecule has 0 amide bonds. The third-order valence-electron chi connectivity index (χ3n) is 5.86. The lowest BCUT2D eigenvalue weighted by molar-refractivity contribution is -0.171. The highest BCUT2D eigenvalue weighted by molar-refractivity contribution is 7.10. The number of aliphatic carboxylic acids is 1. The molecule has 1 N–H and O–H groups in total. The molecule has 2 aliphatic heterocycles. The van der Waals surface area contributed by atoms with Crippen molar-refractivity contribution >= 4 is 17.3 Å². The van der Waals surface area contributed by atoms with E-state index in [4.69, 9.17) is 4.74 Å². The number of thiophene rings is 1. The van der Waals surface area contributed by atoms with Gasteiger partial charge in [0.1, 0.15) is 0 Å². The third-order valence-corrected chi connectivity index (χ3v) is 6.80. The Balaban J connectivity index is 1.50. The molecule has 0 radical (unpaired) electrons. The smallest absolute Gasteiger partial charge is 0.308 e. The van der Waals surface area contributed by atoms with Crippen LogP contribution >= 0.6 is 11.3 Å². The van der Waals surface area contributed by atoms with Crippen molar-refractivity contribution in [1.29, 1.82) is 0 Å². The highest BCUT2D eigenvalue weighted by Crippen LogP contribution is 2.46. The molecule has 0 aliphatic carbocycles. The van der Waals surface area contributed by atoms with Crippen LogP contribution in [-0.2, 0) is 28.1 Å². The van der Waals surface area contributed by atoms with Crippen LogP contribution in [-0.4, -0.2) is 35.2 Å². The normalized spacial score (nSPS) is 23.5. The van der Waals surface area contributed by atoms with E-state index in [-0.39, 0.29) is 11.7 Å². The molecule has 0 bridgehead atoms. The standard InChI is InChI=1S/C21H25NO3S/c1-15(20(23)24)18-13-19-17(7-12-26-19)21(25-18)8-10-22(11-9-21)14-16-5-3-2-4-6-16/h2-7,12,15,18H,8-11,13-14H2,1H3,(H,23,24). The van der Waals surface area contributed by atoms with Crippen LogP contribution in [0.25, 0.3) is 0 Å². The summed E-state index contributed by atoms with van der Waals surface area (Å²) < 4.78 is 6.52. The van der Waals surface area contributed by atoms with Crippen LogP contribution in [0.4, 0.5) is 0 Å². The summed E-state index contributed by atoms with van der Waals surface area (Å²) in [6.45, 7) is 4.67. The first-order valence-electron chi connectivity index (χ1n) is 9.31. The molecule has 1 fully saturated rings. The second kappa shape index (κ2) is 7.14. The van der Waals surface area contributed by atoms with Crippen molar-refractivity contribution in [2.24, 2.45) is 5.92 Å². The molecule has 3 heterocycles. The van der Waals surface area contributed by atoms with Gasteiger partial charge in [0.25, 0.3) is 0 Å². The second-order valence-electron chi connectivity index (χ2n) is 7.50. The zero-order valence-corrected chi connectivity index (χ0v) is 15.9. The Kier molecular flexibility index (Phi) is 4.86. The van der Waals surface area contributed by atoms with Crippen molar-refractivity contribution in [2.75, 3.05) is 13.1 Å². The monoisotopic (exact) mass is 371 g/mol. The Hall–Kier alpha value is -1.69. The van der Waals surface area contributed by atoms with E-state index in [0.717, 1.165) is 38.9 Å². The fourth-order valence-corrected chi connectivity index (χ4v) is 5.23. The molecule has 2 unspecified atom stereocenters. The van der Waals surface area contributed by atoms with Crippen molar-refractivity contribution in [3.8, 4) is 0 Å². The van der Waals surface area contributed by atoms with Gasteiger partial charge < -0.3 is 9.84 Å². The average Bonchev–Trinajstić information content (AvgIpc) is 3.13. The fourth-order valence-electron chi connectivity index (χ4n) is 4.22. The predicted octanol–water partition coefficient (Wildman–Crippen LogP) is 3.90. The van der Waals surface area contributed by atoms with Gasteiger partial charge in [-0.3, -0.25) is 9.69 Å². The Bertz CT molecular complexity index is 765. The van der Waals surface area contributed by atoms with Crippen LogP contribution in [0.1, 0.15) is 35.8 Å². The summed E-state index contributed by atoms with van der Waals surface area (Å²) in [7, 11) is 0. The van der Waals surface area contributed by atoms with Gasteiger partial charge >= 0.3 is 5.97 Å². The molecule has 1 spiro atoms. The van der Waals surface area contributed by atoms with Gasteiger partial charge in [0.2, 0.25) is 0 Å². The highest BCUT2D eigenvalue weighted by atomic mass is 32.1. The van der Waals surface area contributed by atoms with E-state index in [1.807, 2.05) is 6.07 Å². The largest absolute Gasteiger partial charge is 0.481 e. The minimum Gasteiger partial charge on any atom is -0.481 e. The summed E-state index contributed by atoms with van der Waals surface area (Å²) in [6.07, 6.45) is 2.33. The molecular weight excluding hydrogens is 346 g/mol. The maximum absolute atomic E-state index is 11.5. The molecule has 4 nitrogen and oxygen atoms in total. The number of fused-ring (bicyclic) bond motifs is 2. The summed E-state index contributed by atoms with van der Waals surface area (Å²) in [4.78, 5) is 15.3. The number of hydrogen-bond acceptors (Lipinski definition) is 4. The van der Waals surface area contributed by atoms with E-state index in [1.165, 1.54) is 16.0 Å². The quantitative estimate of drug-likeness (QED) is 0.885. The van der Waals surface area contributed by atoms with E-state index < -0.39 is 11.9 Å². The molecule has 138 valence electrons. The van der Waals surface area contributed by atoms with Crippen molar-refractivity contribution in [1.82, 2.24) is 4.90 Å². The number of rotatable bonds is 4. The number of ether oxygens (including phenoxy) is 1. The molecule has 4 rings (SSSR count). The Morgan fingerprint density at radius 3 is 2.73 bits per heavy atom. The van der Waals surface area contributed by atoms with Gasteiger partial charge in [0.15, 0.2) is 0 Å². The molecule has 1 saturated heterocycles. The topological polar surface area (TPSA) is 49.8 Å². The Morgan fingerprint density at radius 1 is 1.31 bits per heavy atom. The van der Waals surface area contributed by atoms with E-state index in [2.05, 4.69) is 40.6 Å². The fraction of sp³-hybridized carbons (Fsp3) is 0.476. The van der Waals surface area contributed by atoms with E-state index >= 15 is 0 Å². The van der Waals surface area contributed by atoms with Crippen LogP contribution < -0.4 is 0 Å². The van der Waals surface area contributed by atoms with Gasteiger partial charge in [-0.1, -0.05) is 30.3 Å². The lowest BCUT2D eigenvalue weighted by atomic mass is 9.80. The summed E-state index contributed by atoms with van der Waals surface area (Å²) in [6, 6.07) is 12.7. The minimum atomic E-state index is -0.772. The molecule has 26 heavy (non-hydrogen) atoms. The maximum Gasteiger partial charge on any atom is 0.308 e. The number of hydrogen-bond donors (Lipinski definition) is 1. The lowest BCUT2D eigenvalue weighted by Crippen LogP contribution is -2.50. The van der Waals surface area contributed by atoms with E-state index in [0.29, 0.717) is 0 Å². The summed E-state index contributed by atoms with van der Waals surface area (Å²) in [5.41, 5.74) is 2.33. The number of nitrogens with zero attached hydrogens (tertiary/aromatic N) is 1.